The molecule has 1 saturated heterocycles. The monoisotopic (exact) mass is 420 g/mol. The van der Waals surface area contributed by atoms with Gasteiger partial charge in [0.15, 0.2) is 0 Å². The molecular formula is C25H32N4O2. The molecule has 2 N–H and O–H groups in total. The fraction of sp³-hybridized carbons (Fsp3) is 0.440. The molecule has 0 aromatic heterocycles. The molecule has 2 aliphatic heterocycles. The lowest BCUT2D eigenvalue weighted by molar-refractivity contribution is -0.136. The van der Waals surface area contributed by atoms with Crippen molar-refractivity contribution in [2.24, 2.45) is 0 Å². The summed E-state index contributed by atoms with van der Waals surface area (Å²) in [5.74, 6) is -1.22. The van der Waals surface area contributed by atoms with Gasteiger partial charge in [0.05, 0.1) is 6.04 Å². The molecule has 1 atom stereocenters. The van der Waals surface area contributed by atoms with Gasteiger partial charge in [-0.3, -0.25) is 14.5 Å². The SMILES string of the molecule is Cc1cccc(NC(=O)C(=O)NCC(c2ccc3c(c2)CCCN3C)N2CCCC2)c1. The topological polar surface area (TPSA) is 64.7 Å². The molecule has 2 heterocycles. The summed E-state index contributed by atoms with van der Waals surface area (Å²) in [6, 6.07) is 14.2. The molecule has 31 heavy (non-hydrogen) atoms. The average molecular weight is 421 g/mol. The maximum Gasteiger partial charge on any atom is 0.313 e. The highest BCUT2D eigenvalue weighted by Gasteiger charge is 2.26. The number of nitrogens with zero attached hydrogens (tertiary/aromatic N) is 2. The lowest BCUT2D eigenvalue weighted by Crippen LogP contribution is -2.41. The minimum absolute atomic E-state index is 0.0794. The summed E-state index contributed by atoms with van der Waals surface area (Å²) in [4.78, 5) is 29.6. The number of aryl methyl sites for hydroxylation is 2. The van der Waals surface area contributed by atoms with Crippen LogP contribution in [-0.4, -0.2) is 49.9 Å². The van der Waals surface area contributed by atoms with Gasteiger partial charge in [0, 0.05) is 31.5 Å². The van der Waals surface area contributed by atoms with Crippen molar-refractivity contribution < 1.29 is 9.59 Å². The van der Waals surface area contributed by atoms with Crippen LogP contribution in [0.3, 0.4) is 0 Å². The Labute approximate surface area is 184 Å². The van der Waals surface area contributed by atoms with Crippen LogP contribution in [0.5, 0.6) is 0 Å². The summed E-state index contributed by atoms with van der Waals surface area (Å²) in [5, 5.41) is 5.57. The number of anilines is 2. The number of fused-ring (bicyclic) bond motifs is 1. The predicted molar refractivity (Wildman–Crippen MR) is 124 cm³/mol. The van der Waals surface area contributed by atoms with Crippen molar-refractivity contribution in [1.29, 1.82) is 0 Å². The molecule has 6 nitrogen and oxygen atoms in total. The van der Waals surface area contributed by atoms with Crippen LogP contribution in [0.4, 0.5) is 11.4 Å². The smallest absolute Gasteiger partial charge is 0.313 e. The Kier molecular flexibility index (Phi) is 6.56. The lowest BCUT2D eigenvalue weighted by atomic mass is 9.96. The zero-order valence-corrected chi connectivity index (χ0v) is 18.5. The first-order chi connectivity index (χ1) is 15.0. The highest BCUT2D eigenvalue weighted by Crippen LogP contribution is 2.31. The maximum atomic E-state index is 12.5. The van der Waals surface area contributed by atoms with Crippen molar-refractivity contribution in [3.05, 3.63) is 59.2 Å². The summed E-state index contributed by atoms with van der Waals surface area (Å²) < 4.78 is 0. The van der Waals surface area contributed by atoms with Gasteiger partial charge in [0.2, 0.25) is 0 Å². The molecule has 4 rings (SSSR count). The molecule has 0 aliphatic carbocycles. The van der Waals surface area contributed by atoms with Crippen LogP contribution in [0.2, 0.25) is 0 Å². The second-order valence-corrected chi connectivity index (χ2v) is 8.71. The molecule has 0 radical (unpaired) electrons. The first-order valence-electron chi connectivity index (χ1n) is 11.2. The van der Waals surface area contributed by atoms with Crippen molar-refractivity contribution in [1.82, 2.24) is 10.2 Å². The van der Waals surface area contributed by atoms with Crippen molar-refractivity contribution in [2.75, 3.05) is 43.4 Å². The average Bonchev–Trinajstić information content (AvgIpc) is 3.28. The molecule has 2 amide bonds. The van der Waals surface area contributed by atoms with E-state index >= 15 is 0 Å². The van der Waals surface area contributed by atoms with Gasteiger partial charge in [-0.1, -0.05) is 24.3 Å². The van der Waals surface area contributed by atoms with Crippen LogP contribution in [-0.2, 0) is 16.0 Å². The van der Waals surface area contributed by atoms with E-state index in [1.54, 1.807) is 6.07 Å². The Bertz CT molecular complexity index is 952. The molecule has 0 saturated carbocycles. The summed E-state index contributed by atoms with van der Waals surface area (Å²) in [6.07, 6.45) is 4.60. The Morgan fingerprint density at radius 1 is 1.00 bits per heavy atom. The van der Waals surface area contributed by atoms with Gasteiger partial charge in [-0.2, -0.15) is 0 Å². The molecule has 2 aromatic rings. The van der Waals surface area contributed by atoms with Gasteiger partial charge in [-0.25, -0.2) is 0 Å². The van der Waals surface area contributed by atoms with E-state index in [2.05, 4.69) is 45.7 Å². The Hall–Kier alpha value is -2.86. The molecular weight excluding hydrogens is 388 g/mol. The number of amides is 2. The minimum Gasteiger partial charge on any atom is -0.374 e. The van der Waals surface area contributed by atoms with E-state index in [0.29, 0.717) is 12.2 Å². The van der Waals surface area contributed by atoms with Crippen LogP contribution in [0.1, 0.15) is 42.0 Å². The maximum absolute atomic E-state index is 12.5. The number of carbonyl (C=O) groups is 2. The fourth-order valence-corrected chi connectivity index (χ4v) is 4.70. The van der Waals surface area contributed by atoms with E-state index < -0.39 is 11.8 Å². The van der Waals surface area contributed by atoms with E-state index in [9.17, 15) is 9.59 Å². The number of likely N-dealkylation sites (tertiary alicyclic amines) is 1. The van der Waals surface area contributed by atoms with Crippen molar-refractivity contribution in [2.45, 2.75) is 38.6 Å². The predicted octanol–water partition coefficient (Wildman–Crippen LogP) is 3.27. The van der Waals surface area contributed by atoms with E-state index in [4.69, 9.17) is 0 Å². The second-order valence-electron chi connectivity index (χ2n) is 8.71. The summed E-state index contributed by atoms with van der Waals surface area (Å²) in [5.41, 5.74) is 5.56. The first-order valence-corrected chi connectivity index (χ1v) is 11.2. The van der Waals surface area contributed by atoms with Gasteiger partial charge in [-0.15, -0.1) is 0 Å². The highest BCUT2D eigenvalue weighted by molar-refractivity contribution is 6.39. The molecule has 0 bridgehead atoms. The highest BCUT2D eigenvalue weighted by atomic mass is 16.2. The number of nitrogens with one attached hydrogen (secondary N) is 2. The lowest BCUT2D eigenvalue weighted by Gasteiger charge is -2.31. The van der Waals surface area contributed by atoms with Crippen LogP contribution < -0.4 is 15.5 Å². The molecule has 6 heteroatoms. The van der Waals surface area contributed by atoms with E-state index in [0.717, 1.165) is 38.0 Å². The van der Waals surface area contributed by atoms with Gasteiger partial charge < -0.3 is 15.5 Å². The standard InChI is InChI=1S/C25H32N4O2/c1-18-7-5-9-21(15-18)27-25(31)24(30)26-17-23(29-13-3-4-14-29)20-10-11-22-19(16-20)8-6-12-28(22)2/h5,7,9-11,15-16,23H,3-4,6,8,12-14,17H2,1-2H3,(H,26,30)(H,27,31). The number of carbonyl (C=O) groups excluding carboxylic acids is 2. The Balaban J connectivity index is 1.45. The van der Waals surface area contributed by atoms with Gasteiger partial charge in [0.25, 0.3) is 0 Å². The van der Waals surface area contributed by atoms with Crippen molar-refractivity contribution in [3.8, 4) is 0 Å². The Morgan fingerprint density at radius 2 is 1.81 bits per heavy atom. The molecule has 1 fully saturated rings. The normalized spacial score (nSPS) is 17.2. The van der Waals surface area contributed by atoms with Crippen LogP contribution in [0.25, 0.3) is 0 Å². The zero-order chi connectivity index (χ0) is 21.8. The number of benzene rings is 2. The third-order valence-electron chi connectivity index (χ3n) is 6.36. The van der Waals surface area contributed by atoms with E-state index in [1.807, 2.05) is 25.1 Å². The number of rotatable bonds is 5. The van der Waals surface area contributed by atoms with Crippen molar-refractivity contribution >= 4 is 23.2 Å². The van der Waals surface area contributed by atoms with Crippen molar-refractivity contribution in [3.63, 3.8) is 0 Å². The number of hydrogen-bond donors (Lipinski definition) is 2. The van der Waals surface area contributed by atoms with Gasteiger partial charge >= 0.3 is 11.8 Å². The van der Waals surface area contributed by atoms with Crippen LogP contribution in [0.15, 0.2) is 42.5 Å². The first kappa shape index (κ1) is 21.4. The largest absolute Gasteiger partial charge is 0.374 e. The second kappa shape index (κ2) is 9.52. The molecule has 164 valence electrons. The summed E-state index contributed by atoms with van der Waals surface area (Å²) in [6.45, 7) is 5.51. The van der Waals surface area contributed by atoms with Crippen LogP contribution >= 0.6 is 0 Å². The fourth-order valence-electron chi connectivity index (χ4n) is 4.70. The minimum atomic E-state index is -0.627. The quantitative estimate of drug-likeness (QED) is 0.729. The molecule has 2 aliphatic rings. The Morgan fingerprint density at radius 3 is 2.58 bits per heavy atom. The van der Waals surface area contributed by atoms with E-state index in [1.165, 1.54) is 29.7 Å². The zero-order valence-electron chi connectivity index (χ0n) is 18.5. The van der Waals surface area contributed by atoms with Gasteiger partial charge in [-0.05, 0) is 80.6 Å². The molecule has 1 unspecified atom stereocenters. The molecule has 0 spiro atoms. The molecule has 2 aromatic carbocycles. The third-order valence-corrected chi connectivity index (χ3v) is 6.36. The van der Waals surface area contributed by atoms with Crippen LogP contribution in [0, 0.1) is 6.92 Å². The van der Waals surface area contributed by atoms with Gasteiger partial charge in [0.1, 0.15) is 0 Å². The summed E-state index contributed by atoms with van der Waals surface area (Å²) >= 11 is 0. The third kappa shape index (κ3) is 5.07. The number of hydrogen-bond acceptors (Lipinski definition) is 4. The van der Waals surface area contributed by atoms with E-state index in [-0.39, 0.29) is 6.04 Å². The summed E-state index contributed by atoms with van der Waals surface area (Å²) in [7, 11) is 2.14.